The van der Waals surface area contributed by atoms with Gasteiger partial charge in [0.1, 0.15) is 5.82 Å². The van der Waals surface area contributed by atoms with E-state index >= 15 is 0 Å². The van der Waals surface area contributed by atoms with Crippen LogP contribution in [0, 0.1) is 11.7 Å². The van der Waals surface area contributed by atoms with Gasteiger partial charge >= 0.3 is 0 Å². The van der Waals surface area contributed by atoms with Gasteiger partial charge in [-0.15, -0.1) is 0 Å². The third kappa shape index (κ3) is 4.02. The Kier molecular flexibility index (Phi) is 4.39. The van der Waals surface area contributed by atoms with Gasteiger partial charge in [0.2, 0.25) is 5.91 Å². The van der Waals surface area contributed by atoms with Crippen LogP contribution >= 0.6 is 11.8 Å². The Morgan fingerprint density at radius 2 is 2.35 bits per heavy atom. The molecule has 17 heavy (non-hydrogen) atoms. The summed E-state index contributed by atoms with van der Waals surface area (Å²) in [5, 5.41) is 5.87. The van der Waals surface area contributed by atoms with Crippen molar-refractivity contribution in [2.24, 2.45) is 5.92 Å². The summed E-state index contributed by atoms with van der Waals surface area (Å²) >= 11 is 1.62. The fourth-order valence-electron chi connectivity index (χ4n) is 1.55. The summed E-state index contributed by atoms with van der Waals surface area (Å²) in [4.78, 5) is 11.5. The van der Waals surface area contributed by atoms with E-state index in [1.165, 1.54) is 12.1 Å². The number of anilines is 1. The molecule has 1 heterocycles. The zero-order valence-electron chi connectivity index (χ0n) is 9.41. The minimum Gasteiger partial charge on any atom is -0.325 e. The van der Waals surface area contributed by atoms with Crippen LogP contribution in [0.3, 0.4) is 0 Å². The minimum absolute atomic E-state index is 0.0760. The number of hydrogen-bond acceptors (Lipinski definition) is 3. The number of hydrogen-bond donors (Lipinski definition) is 2. The normalized spacial score (nSPS) is 15.4. The average molecular weight is 254 g/mol. The molecule has 5 heteroatoms. The van der Waals surface area contributed by atoms with Crippen molar-refractivity contribution in [1.82, 2.24) is 5.32 Å². The molecule has 1 saturated heterocycles. The molecule has 1 amide bonds. The molecule has 1 aromatic rings. The van der Waals surface area contributed by atoms with Crippen LogP contribution in [0.5, 0.6) is 0 Å². The highest BCUT2D eigenvalue weighted by molar-refractivity contribution is 7.99. The van der Waals surface area contributed by atoms with Crippen molar-refractivity contribution in [2.75, 3.05) is 29.9 Å². The minimum atomic E-state index is -0.337. The van der Waals surface area contributed by atoms with Gasteiger partial charge in [-0.3, -0.25) is 4.79 Å². The first kappa shape index (κ1) is 12.4. The molecule has 92 valence electrons. The second-order valence-corrected chi connectivity index (χ2v) is 5.13. The van der Waals surface area contributed by atoms with Crippen molar-refractivity contribution in [3.8, 4) is 0 Å². The van der Waals surface area contributed by atoms with Gasteiger partial charge in [0.15, 0.2) is 0 Å². The molecule has 1 fully saturated rings. The highest BCUT2D eigenvalue weighted by Crippen LogP contribution is 2.13. The fourth-order valence-corrected chi connectivity index (χ4v) is 2.49. The second-order valence-electron chi connectivity index (χ2n) is 4.10. The van der Waals surface area contributed by atoms with Crippen LogP contribution in [0.2, 0.25) is 0 Å². The van der Waals surface area contributed by atoms with Crippen LogP contribution < -0.4 is 10.6 Å². The van der Waals surface area contributed by atoms with Gasteiger partial charge in [-0.1, -0.05) is 6.07 Å². The third-order valence-electron chi connectivity index (χ3n) is 2.56. The second kappa shape index (κ2) is 6.02. The molecular weight excluding hydrogens is 239 g/mol. The standard InChI is InChI=1S/C12H15FN2OS/c13-10-2-1-3-11(4-10)15-12(16)8-17-7-9-5-14-6-9/h1-4,9,14H,5-8H2,(H,15,16). The predicted octanol–water partition coefficient (Wildman–Crippen LogP) is 1.72. The third-order valence-corrected chi connectivity index (χ3v) is 3.73. The van der Waals surface area contributed by atoms with Crippen LogP contribution in [0.4, 0.5) is 10.1 Å². The number of halogens is 1. The Hall–Kier alpha value is -1.07. The van der Waals surface area contributed by atoms with E-state index in [1.807, 2.05) is 0 Å². The van der Waals surface area contributed by atoms with Crippen LogP contribution in [0.1, 0.15) is 0 Å². The Morgan fingerprint density at radius 3 is 3.00 bits per heavy atom. The number of benzene rings is 1. The van der Waals surface area contributed by atoms with E-state index < -0.39 is 0 Å². The number of rotatable bonds is 5. The molecule has 0 aromatic heterocycles. The van der Waals surface area contributed by atoms with Crippen LogP contribution in [-0.2, 0) is 4.79 Å². The van der Waals surface area contributed by atoms with Crippen LogP contribution in [0.25, 0.3) is 0 Å². The van der Waals surface area contributed by atoms with Gasteiger partial charge in [-0.05, 0) is 43.0 Å². The maximum atomic E-state index is 12.9. The zero-order valence-corrected chi connectivity index (χ0v) is 10.2. The molecule has 0 radical (unpaired) electrons. The van der Waals surface area contributed by atoms with Crippen molar-refractivity contribution in [2.45, 2.75) is 0 Å². The van der Waals surface area contributed by atoms with Crippen molar-refractivity contribution in [3.05, 3.63) is 30.1 Å². The van der Waals surface area contributed by atoms with E-state index in [4.69, 9.17) is 0 Å². The Bertz CT molecular complexity index is 396. The first-order valence-electron chi connectivity index (χ1n) is 5.58. The van der Waals surface area contributed by atoms with Crippen LogP contribution in [0.15, 0.2) is 24.3 Å². The summed E-state index contributed by atoms with van der Waals surface area (Å²) in [6, 6.07) is 5.94. The molecule has 0 spiro atoms. The van der Waals surface area contributed by atoms with E-state index in [2.05, 4.69) is 10.6 Å². The molecule has 0 saturated carbocycles. The molecule has 1 aliphatic rings. The van der Waals surface area contributed by atoms with Crippen molar-refractivity contribution in [3.63, 3.8) is 0 Å². The largest absolute Gasteiger partial charge is 0.325 e. The van der Waals surface area contributed by atoms with Gasteiger partial charge in [0.05, 0.1) is 5.75 Å². The van der Waals surface area contributed by atoms with E-state index in [9.17, 15) is 9.18 Å². The zero-order chi connectivity index (χ0) is 12.1. The predicted molar refractivity (Wildman–Crippen MR) is 68.7 cm³/mol. The van der Waals surface area contributed by atoms with Gasteiger partial charge in [-0.25, -0.2) is 4.39 Å². The lowest BCUT2D eigenvalue weighted by atomic mass is 10.1. The van der Waals surface area contributed by atoms with Gasteiger partial charge in [0, 0.05) is 5.69 Å². The Morgan fingerprint density at radius 1 is 1.53 bits per heavy atom. The van der Waals surface area contributed by atoms with E-state index in [0.717, 1.165) is 18.8 Å². The molecule has 0 atom stereocenters. The van der Waals surface area contributed by atoms with Crippen molar-refractivity contribution >= 4 is 23.4 Å². The highest BCUT2D eigenvalue weighted by atomic mass is 32.2. The quantitative estimate of drug-likeness (QED) is 0.840. The van der Waals surface area contributed by atoms with E-state index in [-0.39, 0.29) is 11.7 Å². The smallest absolute Gasteiger partial charge is 0.234 e. The number of carbonyl (C=O) groups excluding carboxylic acids is 1. The number of carbonyl (C=O) groups is 1. The lowest BCUT2D eigenvalue weighted by molar-refractivity contribution is -0.113. The van der Waals surface area contributed by atoms with E-state index in [1.54, 1.807) is 23.9 Å². The number of amides is 1. The molecule has 3 nitrogen and oxygen atoms in total. The number of nitrogens with one attached hydrogen (secondary N) is 2. The molecule has 0 bridgehead atoms. The lowest BCUT2D eigenvalue weighted by Crippen LogP contribution is -2.43. The maximum absolute atomic E-state index is 12.9. The summed E-state index contributed by atoms with van der Waals surface area (Å²) in [5.41, 5.74) is 0.515. The molecule has 0 aliphatic carbocycles. The average Bonchev–Trinajstić information content (AvgIpc) is 2.22. The molecule has 0 unspecified atom stereocenters. The Balaban J connectivity index is 1.69. The maximum Gasteiger partial charge on any atom is 0.234 e. The molecule has 2 rings (SSSR count). The molecular formula is C12H15FN2OS. The Labute approximate surface area is 104 Å². The fraction of sp³-hybridized carbons (Fsp3) is 0.417. The highest BCUT2D eigenvalue weighted by Gasteiger charge is 2.16. The van der Waals surface area contributed by atoms with Gasteiger partial charge in [-0.2, -0.15) is 11.8 Å². The first-order chi connectivity index (χ1) is 8.24. The summed E-state index contributed by atoms with van der Waals surface area (Å²) in [5.74, 6) is 1.71. The molecule has 1 aliphatic heterocycles. The lowest BCUT2D eigenvalue weighted by Gasteiger charge is -2.26. The first-order valence-corrected chi connectivity index (χ1v) is 6.73. The summed E-state index contributed by atoms with van der Waals surface area (Å²) in [7, 11) is 0. The van der Waals surface area contributed by atoms with Crippen molar-refractivity contribution < 1.29 is 9.18 Å². The SMILES string of the molecule is O=C(CSCC1CNC1)Nc1cccc(F)c1. The summed E-state index contributed by atoms with van der Waals surface area (Å²) in [6.45, 7) is 2.11. The molecule has 2 N–H and O–H groups in total. The summed E-state index contributed by atoms with van der Waals surface area (Å²) in [6.07, 6.45) is 0. The van der Waals surface area contributed by atoms with E-state index in [0.29, 0.717) is 17.4 Å². The van der Waals surface area contributed by atoms with Crippen molar-refractivity contribution in [1.29, 1.82) is 0 Å². The summed E-state index contributed by atoms with van der Waals surface area (Å²) < 4.78 is 12.9. The topological polar surface area (TPSA) is 41.1 Å². The molecule has 1 aromatic carbocycles. The van der Waals surface area contributed by atoms with Gasteiger partial charge in [0.25, 0.3) is 0 Å². The number of thioether (sulfide) groups is 1. The monoisotopic (exact) mass is 254 g/mol. The van der Waals surface area contributed by atoms with Crippen LogP contribution in [-0.4, -0.2) is 30.5 Å². The van der Waals surface area contributed by atoms with Gasteiger partial charge < -0.3 is 10.6 Å².